The Morgan fingerprint density at radius 1 is 1.14 bits per heavy atom. The SMILES string of the molecule is CCOC(=O)c1cc2c(C)c(NC(=O)c3ccc(OCC4CC4)cc3)ccc2[nH]1. The number of ether oxygens (including phenoxy) is 2. The van der Waals surface area contributed by atoms with Crippen LogP contribution in [0.2, 0.25) is 0 Å². The van der Waals surface area contributed by atoms with E-state index in [0.29, 0.717) is 29.5 Å². The second-order valence-electron chi connectivity index (χ2n) is 7.34. The van der Waals surface area contributed by atoms with Crippen molar-refractivity contribution in [3.8, 4) is 5.75 Å². The lowest BCUT2D eigenvalue weighted by Gasteiger charge is -2.10. The summed E-state index contributed by atoms with van der Waals surface area (Å²) in [4.78, 5) is 27.7. The molecule has 0 spiro atoms. The first-order chi connectivity index (χ1) is 14.0. The Hall–Kier alpha value is -3.28. The van der Waals surface area contributed by atoms with Crippen LogP contribution in [0.5, 0.6) is 5.75 Å². The standard InChI is InChI=1S/C23H24N2O4/c1-3-28-23(27)21-12-18-14(2)19(10-11-20(18)24-21)25-22(26)16-6-8-17(9-7-16)29-13-15-4-5-15/h6-12,15,24H,3-5,13H2,1-2H3,(H,25,26). The van der Waals surface area contributed by atoms with Crippen molar-refractivity contribution in [3.63, 3.8) is 0 Å². The largest absolute Gasteiger partial charge is 0.493 e. The molecule has 1 amide bonds. The number of nitrogens with one attached hydrogen (secondary N) is 2. The van der Waals surface area contributed by atoms with Gasteiger partial charge in [-0.25, -0.2) is 4.79 Å². The van der Waals surface area contributed by atoms with Crippen LogP contribution in [0.3, 0.4) is 0 Å². The number of benzene rings is 2. The average Bonchev–Trinajstić information content (AvgIpc) is 3.45. The summed E-state index contributed by atoms with van der Waals surface area (Å²) in [5, 5.41) is 3.82. The number of carbonyl (C=O) groups is 2. The van der Waals surface area contributed by atoms with Crippen LogP contribution in [0.15, 0.2) is 42.5 Å². The number of anilines is 1. The van der Waals surface area contributed by atoms with Crippen molar-refractivity contribution in [2.45, 2.75) is 26.7 Å². The quantitative estimate of drug-likeness (QED) is 0.572. The first-order valence-electron chi connectivity index (χ1n) is 9.89. The van der Waals surface area contributed by atoms with E-state index in [1.807, 2.05) is 31.2 Å². The zero-order chi connectivity index (χ0) is 20.4. The van der Waals surface area contributed by atoms with Gasteiger partial charge in [-0.2, -0.15) is 0 Å². The second kappa shape index (κ2) is 7.99. The van der Waals surface area contributed by atoms with Gasteiger partial charge in [0.05, 0.1) is 13.2 Å². The molecule has 0 aliphatic heterocycles. The number of aromatic nitrogens is 1. The Balaban J connectivity index is 1.48. The summed E-state index contributed by atoms with van der Waals surface area (Å²) in [6.45, 7) is 4.74. The highest BCUT2D eigenvalue weighted by molar-refractivity contribution is 6.06. The first kappa shape index (κ1) is 19.1. The van der Waals surface area contributed by atoms with Crippen LogP contribution >= 0.6 is 0 Å². The van der Waals surface area contributed by atoms with Gasteiger partial charge in [0.25, 0.3) is 5.91 Å². The number of amides is 1. The summed E-state index contributed by atoms with van der Waals surface area (Å²) in [6, 6.07) is 12.6. The van der Waals surface area contributed by atoms with Crippen molar-refractivity contribution in [2.75, 3.05) is 18.5 Å². The van der Waals surface area contributed by atoms with Crippen LogP contribution in [0, 0.1) is 12.8 Å². The van der Waals surface area contributed by atoms with E-state index in [9.17, 15) is 9.59 Å². The number of aromatic amines is 1. The van der Waals surface area contributed by atoms with Crippen molar-refractivity contribution in [3.05, 3.63) is 59.3 Å². The molecule has 0 bridgehead atoms. The fourth-order valence-corrected chi connectivity index (χ4v) is 3.20. The molecule has 1 aromatic heterocycles. The normalized spacial score (nSPS) is 13.3. The summed E-state index contributed by atoms with van der Waals surface area (Å²) in [7, 11) is 0. The van der Waals surface area contributed by atoms with Crippen LogP contribution in [-0.4, -0.2) is 30.1 Å². The minimum Gasteiger partial charge on any atom is -0.493 e. The van der Waals surface area contributed by atoms with Crippen LogP contribution < -0.4 is 10.1 Å². The van der Waals surface area contributed by atoms with Gasteiger partial charge >= 0.3 is 5.97 Å². The van der Waals surface area contributed by atoms with E-state index in [1.54, 1.807) is 25.1 Å². The van der Waals surface area contributed by atoms with Gasteiger partial charge in [0.2, 0.25) is 0 Å². The molecule has 6 heteroatoms. The Kier molecular flexibility index (Phi) is 5.25. The highest BCUT2D eigenvalue weighted by Crippen LogP contribution is 2.30. The number of fused-ring (bicyclic) bond motifs is 1. The molecular formula is C23H24N2O4. The van der Waals surface area contributed by atoms with E-state index < -0.39 is 5.97 Å². The summed E-state index contributed by atoms with van der Waals surface area (Å²) in [5.74, 6) is 0.888. The van der Waals surface area contributed by atoms with Gasteiger partial charge < -0.3 is 19.8 Å². The fourth-order valence-electron chi connectivity index (χ4n) is 3.20. The third-order valence-electron chi connectivity index (χ3n) is 5.12. The van der Waals surface area contributed by atoms with E-state index in [1.165, 1.54) is 12.8 Å². The highest BCUT2D eigenvalue weighted by atomic mass is 16.5. The number of aryl methyl sites for hydroxylation is 1. The molecule has 2 N–H and O–H groups in total. The third-order valence-corrected chi connectivity index (χ3v) is 5.12. The maximum absolute atomic E-state index is 12.7. The number of rotatable bonds is 7. The van der Waals surface area contributed by atoms with Crippen molar-refractivity contribution < 1.29 is 19.1 Å². The summed E-state index contributed by atoms with van der Waals surface area (Å²) >= 11 is 0. The number of hydrogen-bond donors (Lipinski definition) is 2. The van der Waals surface area contributed by atoms with E-state index in [2.05, 4.69) is 10.3 Å². The van der Waals surface area contributed by atoms with Gasteiger partial charge in [-0.1, -0.05) is 0 Å². The fraction of sp³-hybridized carbons (Fsp3) is 0.304. The average molecular weight is 392 g/mol. The van der Waals surface area contributed by atoms with E-state index >= 15 is 0 Å². The molecule has 3 aromatic rings. The van der Waals surface area contributed by atoms with E-state index in [4.69, 9.17) is 9.47 Å². The molecule has 2 aromatic carbocycles. The molecule has 1 aliphatic carbocycles. The number of esters is 1. The van der Waals surface area contributed by atoms with Gasteiger partial charge in [-0.3, -0.25) is 4.79 Å². The van der Waals surface area contributed by atoms with Gasteiger partial charge in [-0.05, 0) is 80.6 Å². The van der Waals surface area contributed by atoms with Crippen LogP contribution in [-0.2, 0) is 4.74 Å². The topological polar surface area (TPSA) is 80.4 Å². The molecule has 0 atom stereocenters. The molecule has 150 valence electrons. The molecule has 0 saturated heterocycles. The monoisotopic (exact) mass is 392 g/mol. The van der Waals surface area contributed by atoms with Crippen molar-refractivity contribution in [1.29, 1.82) is 0 Å². The Morgan fingerprint density at radius 2 is 1.90 bits per heavy atom. The number of H-pyrrole nitrogens is 1. The molecule has 1 saturated carbocycles. The van der Waals surface area contributed by atoms with Gasteiger partial charge in [0, 0.05) is 22.2 Å². The molecule has 1 heterocycles. The minimum atomic E-state index is -0.391. The summed E-state index contributed by atoms with van der Waals surface area (Å²) in [5.41, 5.74) is 3.36. The molecule has 6 nitrogen and oxygen atoms in total. The molecule has 29 heavy (non-hydrogen) atoms. The lowest BCUT2D eigenvalue weighted by molar-refractivity contribution is 0.0520. The molecule has 0 radical (unpaired) electrons. The Bertz CT molecular complexity index is 1050. The Labute approximate surface area is 169 Å². The lowest BCUT2D eigenvalue weighted by Crippen LogP contribution is -2.12. The smallest absolute Gasteiger partial charge is 0.354 e. The zero-order valence-electron chi connectivity index (χ0n) is 16.6. The van der Waals surface area contributed by atoms with Crippen LogP contribution in [0.1, 0.15) is 46.2 Å². The van der Waals surface area contributed by atoms with E-state index in [-0.39, 0.29) is 5.91 Å². The van der Waals surface area contributed by atoms with Crippen molar-refractivity contribution in [1.82, 2.24) is 4.98 Å². The second-order valence-corrected chi connectivity index (χ2v) is 7.34. The Morgan fingerprint density at radius 3 is 2.59 bits per heavy atom. The van der Waals surface area contributed by atoms with Gasteiger partial charge in [0.15, 0.2) is 0 Å². The minimum absolute atomic E-state index is 0.192. The van der Waals surface area contributed by atoms with E-state index in [0.717, 1.165) is 28.8 Å². The number of carbonyl (C=O) groups excluding carboxylic acids is 2. The molecule has 4 rings (SSSR count). The molecule has 1 fully saturated rings. The van der Waals surface area contributed by atoms with Gasteiger partial charge in [-0.15, -0.1) is 0 Å². The van der Waals surface area contributed by atoms with Crippen LogP contribution in [0.4, 0.5) is 5.69 Å². The predicted octanol–water partition coefficient (Wildman–Crippen LogP) is 4.69. The zero-order valence-corrected chi connectivity index (χ0v) is 16.6. The third kappa shape index (κ3) is 4.26. The maximum atomic E-state index is 12.7. The summed E-state index contributed by atoms with van der Waals surface area (Å²) in [6.07, 6.45) is 2.49. The predicted molar refractivity (Wildman–Crippen MR) is 112 cm³/mol. The highest BCUT2D eigenvalue weighted by Gasteiger charge is 2.22. The summed E-state index contributed by atoms with van der Waals surface area (Å²) < 4.78 is 10.8. The first-order valence-corrected chi connectivity index (χ1v) is 9.89. The number of hydrogen-bond acceptors (Lipinski definition) is 4. The molecule has 1 aliphatic rings. The van der Waals surface area contributed by atoms with Crippen LogP contribution in [0.25, 0.3) is 10.9 Å². The molecular weight excluding hydrogens is 368 g/mol. The van der Waals surface area contributed by atoms with Gasteiger partial charge in [0.1, 0.15) is 11.4 Å². The maximum Gasteiger partial charge on any atom is 0.354 e. The molecule has 0 unspecified atom stereocenters. The van der Waals surface area contributed by atoms with Crippen molar-refractivity contribution >= 4 is 28.5 Å². The van der Waals surface area contributed by atoms with Crippen molar-refractivity contribution in [2.24, 2.45) is 5.92 Å². The lowest BCUT2D eigenvalue weighted by atomic mass is 10.1.